The van der Waals surface area contributed by atoms with Crippen molar-refractivity contribution in [3.05, 3.63) is 0 Å². The molecule has 1 aliphatic heterocycles. The predicted octanol–water partition coefficient (Wildman–Crippen LogP) is 0.634. The first-order chi connectivity index (χ1) is 6.15. The monoisotopic (exact) mass is 185 g/mol. The highest BCUT2D eigenvalue weighted by Gasteiger charge is 2.70. The van der Waals surface area contributed by atoms with Gasteiger partial charge in [0.2, 0.25) is 0 Å². The summed E-state index contributed by atoms with van der Waals surface area (Å²) in [6.45, 7) is 8.39. The van der Waals surface area contributed by atoms with Crippen LogP contribution < -0.4 is 5.73 Å². The molecule has 2 fully saturated rings. The van der Waals surface area contributed by atoms with Gasteiger partial charge in [-0.2, -0.15) is 0 Å². The van der Waals surface area contributed by atoms with E-state index < -0.39 is 0 Å². The topological polar surface area (TPSA) is 44.5 Å². The van der Waals surface area contributed by atoms with Crippen LogP contribution >= 0.6 is 0 Å². The summed E-state index contributed by atoms with van der Waals surface area (Å²) in [6, 6.07) is 0. The number of hydrogen-bond acceptors (Lipinski definition) is 3. The fourth-order valence-corrected chi connectivity index (χ4v) is 2.82. The van der Waals surface area contributed by atoms with Crippen LogP contribution in [-0.2, 0) is 9.47 Å². The van der Waals surface area contributed by atoms with Gasteiger partial charge in [-0.15, -0.1) is 0 Å². The van der Waals surface area contributed by atoms with Crippen LogP contribution in [0.25, 0.3) is 0 Å². The molecule has 1 atom stereocenters. The van der Waals surface area contributed by atoms with Gasteiger partial charge in [-0.25, -0.2) is 0 Å². The second kappa shape index (κ2) is 2.94. The minimum absolute atomic E-state index is 0.207. The first-order valence-electron chi connectivity index (χ1n) is 5.01. The number of hydrogen-bond donors (Lipinski definition) is 1. The van der Waals surface area contributed by atoms with Crippen molar-refractivity contribution in [3.8, 4) is 0 Å². The zero-order chi connectivity index (χ0) is 9.53. The van der Waals surface area contributed by atoms with E-state index >= 15 is 0 Å². The highest BCUT2D eigenvalue weighted by molar-refractivity contribution is 5.17. The Labute approximate surface area is 79.6 Å². The van der Waals surface area contributed by atoms with Crippen molar-refractivity contribution in [1.29, 1.82) is 0 Å². The quantitative estimate of drug-likeness (QED) is 0.652. The van der Waals surface area contributed by atoms with Crippen molar-refractivity contribution in [1.82, 2.24) is 0 Å². The predicted molar refractivity (Wildman–Crippen MR) is 50.4 cm³/mol. The largest absolute Gasteiger partial charge is 0.378 e. The summed E-state index contributed by atoms with van der Waals surface area (Å²) < 4.78 is 11.1. The van der Waals surface area contributed by atoms with E-state index in [-0.39, 0.29) is 5.41 Å². The Hall–Kier alpha value is -0.120. The maximum Gasteiger partial charge on any atom is 0.0700 e. The standard InChI is InChI=1S/C10H19NO2/c1-9(2)8(5-11)10(9)6-12-3-4-13-7-10/h8H,3-7,11H2,1-2H3. The van der Waals surface area contributed by atoms with E-state index in [0.29, 0.717) is 11.3 Å². The van der Waals surface area contributed by atoms with Crippen LogP contribution in [0.5, 0.6) is 0 Å². The molecule has 1 unspecified atom stereocenters. The highest BCUT2D eigenvalue weighted by Crippen LogP contribution is 2.68. The smallest absolute Gasteiger partial charge is 0.0700 e. The van der Waals surface area contributed by atoms with Gasteiger partial charge in [-0.1, -0.05) is 13.8 Å². The van der Waals surface area contributed by atoms with Crippen LogP contribution in [0.1, 0.15) is 13.8 Å². The summed E-state index contributed by atoms with van der Waals surface area (Å²) in [7, 11) is 0. The average Bonchev–Trinajstić information content (AvgIpc) is 2.66. The van der Waals surface area contributed by atoms with Gasteiger partial charge in [0, 0.05) is 5.41 Å². The van der Waals surface area contributed by atoms with Crippen LogP contribution in [0.2, 0.25) is 0 Å². The van der Waals surface area contributed by atoms with Gasteiger partial charge in [-0.3, -0.25) is 0 Å². The molecule has 0 amide bonds. The number of nitrogens with two attached hydrogens (primary N) is 1. The molecule has 0 bridgehead atoms. The SMILES string of the molecule is CC1(C)C(CN)C12COCCOC2. The van der Waals surface area contributed by atoms with E-state index in [2.05, 4.69) is 13.8 Å². The van der Waals surface area contributed by atoms with E-state index in [1.54, 1.807) is 0 Å². The lowest BCUT2D eigenvalue weighted by Crippen LogP contribution is -2.21. The van der Waals surface area contributed by atoms with E-state index in [1.807, 2.05) is 0 Å². The van der Waals surface area contributed by atoms with Gasteiger partial charge in [0.1, 0.15) is 0 Å². The second-order valence-electron chi connectivity index (χ2n) is 4.77. The first kappa shape index (κ1) is 9.44. The normalized spacial score (nSPS) is 35.8. The third-order valence-corrected chi connectivity index (χ3v) is 4.07. The van der Waals surface area contributed by atoms with Crippen LogP contribution in [0.3, 0.4) is 0 Å². The molecule has 0 aromatic carbocycles. The zero-order valence-electron chi connectivity index (χ0n) is 8.51. The molecule has 3 heteroatoms. The molecule has 13 heavy (non-hydrogen) atoms. The van der Waals surface area contributed by atoms with Gasteiger partial charge in [0.05, 0.1) is 26.4 Å². The lowest BCUT2D eigenvalue weighted by atomic mass is 9.98. The Kier molecular flexibility index (Phi) is 2.13. The van der Waals surface area contributed by atoms with Crippen molar-refractivity contribution in [2.75, 3.05) is 33.0 Å². The first-order valence-corrected chi connectivity index (χ1v) is 5.01. The Bertz CT molecular complexity index is 195. The van der Waals surface area contributed by atoms with E-state index in [9.17, 15) is 0 Å². The van der Waals surface area contributed by atoms with Crippen molar-refractivity contribution in [2.45, 2.75) is 13.8 Å². The highest BCUT2D eigenvalue weighted by atomic mass is 16.5. The molecular weight excluding hydrogens is 166 g/mol. The summed E-state index contributed by atoms with van der Waals surface area (Å²) in [5.41, 5.74) is 6.26. The second-order valence-corrected chi connectivity index (χ2v) is 4.77. The van der Waals surface area contributed by atoms with E-state index in [1.165, 1.54) is 0 Å². The Morgan fingerprint density at radius 2 is 1.77 bits per heavy atom. The minimum Gasteiger partial charge on any atom is -0.378 e. The van der Waals surface area contributed by atoms with Gasteiger partial charge in [-0.05, 0) is 17.9 Å². The molecule has 0 aromatic rings. The van der Waals surface area contributed by atoms with Crippen LogP contribution in [0.15, 0.2) is 0 Å². The lowest BCUT2D eigenvalue weighted by molar-refractivity contribution is 0.0955. The van der Waals surface area contributed by atoms with Crippen molar-refractivity contribution < 1.29 is 9.47 Å². The Morgan fingerprint density at radius 3 is 2.15 bits per heavy atom. The third-order valence-electron chi connectivity index (χ3n) is 4.07. The molecule has 1 saturated heterocycles. The van der Waals surface area contributed by atoms with Crippen LogP contribution in [-0.4, -0.2) is 33.0 Å². The van der Waals surface area contributed by atoms with Gasteiger partial charge in [0.15, 0.2) is 0 Å². The van der Waals surface area contributed by atoms with Crippen molar-refractivity contribution in [2.24, 2.45) is 22.5 Å². The molecular formula is C10H19NO2. The van der Waals surface area contributed by atoms with Gasteiger partial charge in [0.25, 0.3) is 0 Å². The minimum atomic E-state index is 0.207. The fourth-order valence-electron chi connectivity index (χ4n) is 2.82. The molecule has 1 saturated carbocycles. The molecule has 2 rings (SSSR count). The fraction of sp³-hybridized carbons (Fsp3) is 1.00. The van der Waals surface area contributed by atoms with Gasteiger partial charge >= 0.3 is 0 Å². The molecule has 3 nitrogen and oxygen atoms in total. The molecule has 76 valence electrons. The number of ether oxygens (including phenoxy) is 2. The molecule has 1 heterocycles. The summed E-state index contributed by atoms with van der Waals surface area (Å²) >= 11 is 0. The Balaban J connectivity index is 2.12. The lowest BCUT2D eigenvalue weighted by Gasteiger charge is -2.16. The van der Waals surface area contributed by atoms with Crippen molar-refractivity contribution >= 4 is 0 Å². The maximum atomic E-state index is 5.75. The van der Waals surface area contributed by atoms with Crippen molar-refractivity contribution in [3.63, 3.8) is 0 Å². The summed E-state index contributed by atoms with van der Waals surface area (Å²) in [4.78, 5) is 0. The van der Waals surface area contributed by atoms with Crippen LogP contribution in [0.4, 0.5) is 0 Å². The maximum absolute atomic E-state index is 5.75. The molecule has 2 N–H and O–H groups in total. The molecule has 0 radical (unpaired) electrons. The van der Waals surface area contributed by atoms with E-state index in [0.717, 1.165) is 33.0 Å². The molecule has 2 aliphatic rings. The molecule has 1 aliphatic carbocycles. The van der Waals surface area contributed by atoms with Gasteiger partial charge < -0.3 is 15.2 Å². The summed E-state index contributed by atoms with van der Waals surface area (Å²) in [5, 5.41) is 0. The molecule has 1 spiro atoms. The number of rotatable bonds is 1. The van der Waals surface area contributed by atoms with Crippen LogP contribution in [0, 0.1) is 16.7 Å². The molecule has 0 aromatic heterocycles. The summed E-state index contributed by atoms with van der Waals surface area (Å²) in [5.74, 6) is 0.568. The zero-order valence-corrected chi connectivity index (χ0v) is 8.51. The summed E-state index contributed by atoms with van der Waals surface area (Å²) in [6.07, 6.45) is 0. The third kappa shape index (κ3) is 1.14. The Morgan fingerprint density at radius 1 is 1.23 bits per heavy atom. The average molecular weight is 185 g/mol. The van der Waals surface area contributed by atoms with E-state index in [4.69, 9.17) is 15.2 Å².